The Morgan fingerprint density at radius 2 is 2.27 bits per heavy atom. The van der Waals surface area contributed by atoms with Gasteiger partial charge in [0.1, 0.15) is 11.6 Å². The summed E-state index contributed by atoms with van der Waals surface area (Å²) < 4.78 is 9.00. The van der Waals surface area contributed by atoms with Gasteiger partial charge in [0.15, 0.2) is 23.0 Å². The Balaban J connectivity index is 2.74. The number of ether oxygens (including phenoxy) is 1. The van der Waals surface area contributed by atoms with Crippen molar-refractivity contribution in [3.63, 3.8) is 0 Å². The van der Waals surface area contributed by atoms with Gasteiger partial charge in [-0.25, -0.2) is 9.78 Å². The van der Waals surface area contributed by atoms with Crippen molar-refractivity contribution in [2.24, 2.45) is 0 Å². The fraction of sp³-hybridized carbons (Fsp3) is 0.125. The lowest BCUT2D eigenvalue weighted by atomic mass is 10.4. The molecule has 15 heavy (non-hydrogen) atoms. The third-order valence-corrected chi connectivity index (χ3v) is 1.66. The van der Waals surface area contributed by atoms with E-state index in [1.165, 1.54) is 48.3 Å². The highest BCUT2D eigenvalue weighted by Crippen LogP contribution is 2.15. The normalized spacial score (nSPS) is 9.20. The van der Waals surface area contributed by atoms with Gasteiger partial charge in [0.05, 0.1) is 0 Å². The number of anilines is 1. The van der Waals surface area contributed by atoms with Crippen molar-refractivity contribution in [1.29, 1.82) is 0 Å². The first-order valence-electron chi connectivity index (χ1n) is 3.86. The van der Waals surface area contributed by atoms with E-state index in [1.54, 1.807) is 0 Å². The fourth-order valence-corrected chi connectivity index (χ4v) is 0.925. The topological polar surface area (TPSA) is 77.5 Å². The molecular formula is C8H7IN2O4. The zero-order valence-electron chi connectivity index (χ0n) is 7.69. The van der Waals surface area contributed by atoms with Gasteiger partial charge >= 0.3 is 6.16 Å². The Labute approximate surface area is 99.7 Å². The number of halogens is 1. The minimum Gasteiger partial charge on any atom is -0.394 e. The van der Waals surface area contributed by atoms with Crippen molar-refractivity contribution in [1.82, 2.24) is 4.98 Å². The standard InChI is InChI=1S/C8H7IN2O4/c1-5(12)11-7-4-6(2-3-10-7)14-8(13)15-9/h2-4H,1H3,(H,10,11,12). The van der Waals surface area contributed by atoms with Crippen molar-refractivity contribution in [3.05, 3.63) is 18.3 Å². The summed E-state index contributed by atoms with van der Waals surface area (Å²) in [5.74, 6) is 0.299. The second kappa shape index (κ2) is 5.49. The number of carbonyl (C=O) groups is 2. The van der Waals surface area contributed by atoms with E-state index in [2.05, 4.69) is 13.4 Å². The summed E-state index contributed by atoms with van der Waals surface area (Å²) in [4.78, 5) is 25.3. The number of aromatic nitrogens is 1. The van der Waals surface area contributed by atoms with Crippen LogP contribution in [0, 0.1) is 0 Å². The minimum absolute atomic E-state index is 0.246. The van der Waals surface area contributed by atoms with Gasteiger partial charge in [0, 0.05) is 19.2 Å². The van der Waals surface area contributed by atoms with E-state index in [9.17, 15) is 9.59 Å². The van der Waals surface area contributed by atoms with Gasteiger partial charge in [-0.1, -0.05) is 0 Å². The zero-order chi connectivity index (χ0) is 11.3. The second-order valence-electron chi connectivity index (χ2n) is 2.49. The molecule has 0 aromatic carbocycles. The number of rotatable bonds is 2. The van der Waals surface area contributed by atoms with Crippen LogP contribution in [0.4, 0.5) is 10.6 Å². The summed E-state index contributed by atoms with van der Waals surface area (Å²) in [5, 5.41) is 2.45. The van der Waals surface area contributed by atoms with Crippen LogP contribution < -0.4 is 10.1 Å². The number of nitrogens with zero attached hydrogens (tertiary/aromatic N) is 1. The van der Waals surface area contributed by atoms with Crippen molar-refractivity contribution >= 4 is 40.9 Å². The number of hydrogen-bond acceptors (Lipinski definition) is 5. The van der Waals surface area contributed by atoms with Crippen LogP contribution in [0.3, 0.4) is 0 Å². The smallest absolute Gasteiger partial charge is 0.394 e. The lowest BCUT2D eigenvalue weighted by molar-refractivity contribution is -0.114. The van der Waals surface area contributed by atoms with Gasteiger partial charge in [-0.05, 0) is 6.07 Å². The molecule has 0 saturated heterocycles. The van der Waals surface area contributed by atoms with Gasteiger partial charge in [0.2, 0.25) is 5.91 Å². The second-order valence-corrected chi connectivity index (χ2v) is 2.93. The van der Waals surface area contributed by atoms with Crippen LogP contribution in [0.25, 0.3) is 0 Å². The van der Waals surface area contributed by atoms with Crippen LogP contribution >= 0.6 is 23.0 Å². The van der Waals surface area contributed by atoms with Crippen LogP contribution in [0.1, 0.15) is 6.92 Å². The number of carbonyl (C=O) groups excluding carboxylic acids is 2. The first-order chi connectivity index (χ1) is 7.11. The summed E-state index contributed by atoms with van der Waals surface area (Å²) in [7, 11) is 0. The Bertz CT molecular complexity index is 383. The molecule has 0 atom stereocenters. The number of amides is 1. The first kappa shape index (κ1) is 11.7. The van der Waals surface area contributed by atoms with E-state index < -0.39 is 6.16 Å². The third-order valence-electron chi connectivity index (χ3n) is 1.30. The molecule has 0 saturated carbocycles. The molecule has 0 spiro atoms. The molecule has 1 heterocycles. The van der Waals surface area contributed by atoms with Gasteiger partial charge in [-0.15, -0.1) is 0 Å². The highest BCUT2D eigenvalue weighted by Gasteiger charge is 2.05. The van der Waals surface area contributed by atoms with E-state index in [1.807, 2.05) is 0 Å². The largest absolute Gasteiger partial charge is 0.523 e. The SMILES string of the molecule is CC(=O)Nc1cc(OC(=O)OI)ccn1. The molecule has 0 radical (unpaired) electrons. The van der Waals surface area contributed by atoms with Crippen molar-refractivity contribution < 1.29 is 17.4 Å². The molecule has 1 rings (SSSR count). The minimum atomic E-state index is -0.837. The molecule has 6 nitrogen and oxygen atoms in total. The summed E-state index contributed by atoms with van der Waals surface area (Å²) in [6.45, 7) is 1.36. The Morgan fingerprint density at radius 3 is 2.87 bits per heavy atom. The molecule has 80 valence electrons. The van der Waals surface area contributed by atoms with E-state index in [-0.39, 0.29) is 11.7 Å². The predicted octanol–water partition coefficient (Wildman–Crippen LogP) is 1.91. The highest BCUT2D eigenvalue weighted by molar-refractivity contribution is 14.1. The molecule has 1 N–H and O–H groups in total. The number of pyridine rings is 1. The fourth-order valence-electron chi connectivity index (χ4n) is 0.835. The molecule has 1 amide bonds. The number of hydrogen-bond donors (Lipinski definition) is 1. The molecule has 0 unspecified atom stereocenters. The summed E-state index contributed by atoms with van der Waals surface area (Å²) >= 11 is 1.41. The highest BCUT2D eigenvalue weighted by atomic mass is 127. The van der Waals surface area contributed by atoms with Gasteiger partial charge in [-0.2, -0.15) is 0 Å². The van der Waals surface area contributed by atoms with Gasteiger partial charge in [0.25, 0.3) is 0 Å². The zero-order valence-corrected chi connectivity index (χ0v) is 9.85. The maximum atomic E-state index is 10.8. The maximum absolute atomic E-state index is 10.8. The van der Waals surface area contributed by atoms with Crippen LogP contribution in [0.5, 0.6) is 5.75 Å². The quantitative estimate of drug-likeness (QED) is 0.665. The molecule has 1 aromatic rings. The van der Waals surface area contributed by atoms with Crippen LogP contribution in [-0.2, 0) is 7.86 Å². The van der Waals surface area contributed by atoms with Crippen molar-refractivity contribution in [2.75, 3.05) is 5.32 Å². The maximum Gasteiger partial charge on any atom is 0.523 e. The summed E-state index contributed by atoms with van der Waals surface area (Å²) in [6, 6.07) is 2.88. The van der Waals surface area contributed by atoms with Crippen LogP contribution in [-0.4, -0.2) is 17.0 Å². The van der Waals surface area contributed by atoms with E-state index >= 15 is 0 Å². The van der Waals surface area contributed by atoms with Crippen LogP contribution in [0.15, 0.2) is 18.3 Å². The number of nitrogens with one attached hydrogen (secondary N) is 1. The molecule has 1 aromatic heterocycles. The predicted molar refractivity (Wildman–Crippen MR) is 59.7 cm³/mol. The Morgan fingerprint density at radius 1 is 1.53 bits per heavy atom. The van der Waals surface area contributed by atoms with Crippen LogP contribution in [0.2, 0.25) is 0 Å². The van der Waals surface area contributed by atoms with Gasteiger partial charge < -0.3 is 13.1 Å². The lowest BCUT2D eigenvalue weighted by Crippen LogP contribution is -2.08. The molecular weight excluding hydrogens is 315 g/mol. The van der Waals surface area contributed by atoms with E-state index in [0.29, 0.717) is 5.82 Å². The average molecular weight is 322 g/mol. The molecule has 0 fully saturated rings. The monoisotopic (exact) mass is 322 g/mol. The first-order valence-corrected chi connectivity index (χ1v) is 4.74. The summed E-state index contributed by atoms with van der Waals surface area (Å²) in [6.07, 6.45) is 0.566. The lowest BCUT2D eigenvalue weighted by Gasteiger charge is -2.03. The molecule has 0 bridgehead atoms. The van der Waals surface area contributed by atoms with Crippen molar-refractivity contribution in [2.45, 2.75) is 6.92 Å². The average Bonchev–Trinajstić information content (AvgIpc) is 2.17. The van der Waals surface area contributed by atoms with E-state index in [4.69, 9.17) is 4.74 Å². The molecule has 7 heteroatoms. The van der Waals surface area contributed by atoms with E-state index in [0.717, 1.165) is 0 Å². The summed E-state index contributed by atoms with van der Waals surface area (Å²) in [5.41, 5.74) is 0. The Kier molecular flexibility index (Phi) is 4.28. The third kappa shape index (κ3) is 4.11. The molecule has 0 aliphatic carbocycles. The van der Waals surface area contributed by atoms with Gasteiger partial charge in [-0.3, -0.25) is 4.79 Å². The Hall–Kier alpha value is -1.38. The van der Waals surface area contributed by atoms with Crippen molar-refractivity contribution in [3.8, 4) is 5.75 Å². The molecule has 0 aliphatic rings. The molecule has 0 aliphatic heterocycles.